The van der Waals surface area contributed by atoms with E-state index in [1.807, 2.05) is 55.4 Å². The van der Waals surface area contributed by atoms with Gasteiger partial charge in [-0.05, 0) is 58.3 Å². The molecule has 4 unspecified atom stereocenters. The van der Waals surface area contributed by atoms with Crippen LogP contribution in [0.1, 0.15) is 107 Å². The van der Waals surface area contributed by atoms with Gasteiger partial charge in [0.25, 0.3) is 5.91 Å². The van der Waals surface area contributed by atoms with Gasteiger partial charge in [0, 0.05) is 40.8 Å². The van der Waals surface area contributed by atoms with Crippen LogP contribution in [-0.4, -0.2) is 85.9 Å². The van der Waals surface area contributed by atoms with Crippen molar-refractivity contribution in [2.75, 3.05) is 18.8 Å². The van der Waals surface area contributed by atoms with Gasteiger partial charge in [-0.1, -0.05) is 53.5 Å². The second kappa shape index (κ2) is 18.2. The van der Waals surface area contributed by atoms with E-state index in [0.717, 1.165) is 12.8 Å². The average Bonchev–Trinajstić information content (AvgIpc) is 3.45. The molecular weight excluding hydrogens is 606 g/mol. The number of nitrogens with one attached hydrogen (secondary N) is 4. The lowest BCUT2D eigenvalue weighted by Crippen LogP contribution is -2.63. The van der Waals surface area contributed by atoms with Crippen LogP contribution in [-0.2, 0) is 30.0 Å². The normalized spacial score (nSPS) is 17.2. The summed E-state index contributed by atoms with van der Waals surface area (Å²) in [6.07, 6.45) is 10.7. The Morgan fingerprint density at radius 2 is 1.65 bits per heavy atom. The lowest BCUT2D eigenvalue weighted by Gasteiger charge is -2.39. The summed E-state index contributed by atoms with van der Waals surface area (Å²) < 4.78 is 12.8. The molecule has 1 rings (SSSR count). The summed E-state index contributed by atoms with van der Waals surface area (Å²) in [5, 5.41) is 11.1. The molecule has 0 saturated carbocycles. The number of rotatable bonds is 17. The fraction of sp³-hybridized carbons (Fsp3) is 0.735. The topological polar surface area (TPSA) is 154 Å². The highest BCUT2D eigenvalue weighted by Crippen LogP contribution is 2.28. The third-order valence-electron chi connectivity index (χ3n) is 7.99. The fourth-order valence-corrected chi connectivity index (χ4v) is 6.85. The van der Waals surface area contributed by atoms with Crippen molar-refractivity contribution in [1.82, 2.24) is 26.2 Å². The first kappa shape index (κ1) is 40.8. The largest absolute Gasteiger partial charge is 0.346 e. The molecule has 1 saturated heterocycles. The quantitative estimate of drug-likeness (QED) is 0.106. The SMILES string of the molecule is C#CCCC(NC(=O)C1CCCN1C(=O)C(NC(=O)NC(CCC)(CCC)CS(=O)C(C)(C)C)C(C)(C)C)C(=O)C(=O)NCC=C. The van der Waals surface area contributed by atoms with Crippen LogP contribution in [0.2, 0.25) is 0 Å². The van der Waals surface area contributed by atoms with Crippen LogP contribution in [0.15, 0.2) is 12.7 Å². The van der Waals surface area contributed by atoms with Crippen molar-refractivity contribution in [2.24, 2.45) is 5.41 Å². The van der Waals surface area contributed by atoms with Crippen LogP contribution in [0.5, 0.6) is 0 Å². The van der Waals surface area contributed by atoms with Crippen LogP contribution in [0.4, 0.5) is 4.79 Å². The number of terminal acetylenes is 1. The van der Waals surface area contributed by atoms with Crippen molar-refractivity contribution in [3.8, 4) is 12.3 Å². The second-order valence-electron chi connectivity index (χ2n) is 14.1. The van der Waals surface area contributed by atoms with E-state index in [0.29, 0.717) is 31.4 Å². The second-order valence-corrected chi connectivity index (χ2v) is 16.3. The molecule has 5 amide bonds. The molecule has 0 aromatic heterocycles. The Bertz CT molecular complexity index is 1160. The van der Waals surface area contributed by atoms with Gasteiger partial charge in [0.1, 0.15) is 12.1 Å². The summed E-state index contributed by atoms with van der Waals surface area (Å²) in [6.45, 7) is 19.1. The molecule has 46 heavy (non-hydrogen) atoms. The third kappa shape index (κ3) is 12.2. The monoisotopic (exact) mass is 663 g/mol. The molecule has 4 N–H and O–H groups in total. The number of likely N-dealkylation sites (tertiary alicyclic amines) is 1. The minimum atomic E-state index is -1.22. The maximum absolute atomic E-state index is 14.1. The number of carbonyl (C=O) groups is 5. The van der Waals surface area contributed by atoms with Gasteiger partial charge in [-0.15, -0.1) is 18.9 Å². The van der Waals surface area contributed by atoms with E-state index in [1.54, 1.807) is 0 Å². The minimum Gasteiger partial charge on any atom is -0.346 e. The Labute approximate surface area is 278 Å². The third-order valence-corrected chi connectivity index (χ3v) is 10.2. The maximum Gasteiger partial charge on any atom is 0.315 e. The van der Waals surface area contributed by atoms with Gasteiger partial charge in [-0.2, -0.15) is 0 Å². The van der Waals surface area contributed by atoms with Gasteiger partial charge in [-0.25, -0.2) is 4.79 Å². The number of nitrogens with zero attached hydrogens (tertiary/aromatic N) is 1. The zero-order valence-electron chi connectivity index (χ0n) is 29.2. The number of hydrogen-bond acceptors (Lipinski definition) is 6. The van der Waals surface area contributed by atoms with Gasteiger partial charge < -0.3 is 26.2 Å². The first-order valence-electron chi connectivity index (χ1n) is 16.3. The lowest BCUT2D eigenvalue weighted by molar-refractivity contribution is -0.143. The highest BCUT2D eigenvalue weighted by molar-refractivity contribution is 7.86. The zero-order valence-corrected chi connectivity index (χ0v) is 30.0. The summed E-state index contributed by atoms with van der Waals surface area (Å²) in [4.78, 5) is 67.8. The molecule has 0 aromatic carbocycles. The van der Waals surface area contributed by atoms with Crippen molar-refractivity contribution >= 4 is 40.3 Å². The van der Waals surface area contributed by atoms with E-state index in [2.05, 4.69) is 33.8 Å². The molecule has 11 nitrogen and oxygen atoms in total. The summed E-state index contributed by atoms with van der Waals surface area (Å²) in [7, 11) is -1.22. The first-order valence-corrected chi connectivity index (χ1v) is 17.6. The Morgan fingerprint density at radius 1 is 1.04 bits per heavy atom. The number of Topliss-reactive ketones (excluding diaryl/α,β-unsaturated/α-hetero) is 1. The molecule has 0 bridgehead atoms. The van der Waals surface area contributed by atoms with E-state index in [1.165, 1.54) is 11.0 Å². The zero-order chi connectivity index (χ0) is 35.3. The van der Waals surface area contributed by atoms with Gasteiger partial charge in [0.05, 0.1) is 11.6 Å². The van der Waals surface area contributed by atoms with Crippen molar-refractivity contribution in [1.29, 1.82) is 0 Å². The Morgan fingerprint density at radius 3 is 2.15 bits per heavy atom. The minimum absolute atomic E-state index is 0.0624. The highest BCUT2D eigenvalue weighted by atomic mass is 32.2. The molecule has 0 spiro atoms. The summed E-state index contributed by atoms with van der Waals surface area (Å²) >= 11 is 0. The average molecular weight is 664 g/mol. The molecule has 4 atom stereocenters. The number of carbonyl (C=O) groups excluding carboxylic acids is 5. The van der Waals surface area contributed by atoms with E-state index >= 15 is 0 Å². The molecule has 1 aliphatic rings. The van der Waals surface area contributed by atoms with Crippen molar-refractivity contribution in [2.45, 2.75) is 135 Å². The number of ketones is 1. The molecule has 1 heterocycles. The molecule has 260 valence electrons. The molecule has 1 fully saturated rings. The number of hydrogen-bond donors (Lipinski definition) is 4. The van der Waals surface area contributed by atoms with Crippen molar-refractivity contribution < 1.29 is 28.2 Å². The molecule has 12 heteroatoms. The van der Waals surface area contributed by atoms with Crippen LogP contribution >= 0.6 is 0 Å². The summed E-state index contributed by atoms with van der Waals surface area (Å²) in [5.74, 6) is 0.0309. The van der Waals surface area contributed by atoms with E-state index in [-0.39, 0.29) is 25.9 Å². The number of amides is 5. The summed E-state index contributed by atoms with van der Waals surface area (Å²) in [6, 6.07) is -3.57. The van der Waals surface area contributed by atoms with E-state index in [4.69, 9.17) is 6.42 Å². The van der Waals surface area contributed by atoms with E-state index in [9.17, 15) is 28.2 Å². The Balaban J connectivity index is 3.24. The smallest absolute Gasteiger partial charge is 0.315 e. The summed E-state index contributed by atoms with van der Waals surface area (Å²) in [5.41, 5.74) is -1.44. The number of urea groups is 1. The van der Waals surface area contributed by atoms with Gasteiger partial charge in [0.15, 0.2) is 0 Å². The van der Waals surface area contributed by atoms with Crippen molar-refractivity contribution in [3.63, 3.8) is 0 Å². The Hall–Kier alpha value is -3.20. The van der Waals surface area contributed by atoms with Gasteiger partial charge in [0.2, 0.25) is 17.6 Å². The molecule has 0 aromatic rings. The predicted octanol–water partition coefficient (Wildman–Crippen LogP) is 3.35. The molecular formula is C34H57N5O6S. The lowest BCUT2D eigenvalue weighted by atomic mass is 9.85. The maximum atomic E-state index is 14.1. The fourth-order valence-electron chi connectivity index (χ4n) is 5.56. The van der Waals surface area contributed by atoms with Crippen LogP contribution in [0.25, 0.3) is 0 Å². The van der Waals surface area contributed by atoms with Crippen LogP contribution < -0.4 is 21.3 Å². The van der Waals surface area contributed by atoms with Crippen LogP contribution in [0.3, 0.4) is 0 Å². The molecule has 0 radical (unpaired) electrons. The highest BCUT2D eigenvalue weighted by Gasteiger charge is 2.44. The predicted molar refractivity (Wildman–Crippen MR) is 183 cm³/mol. The van der Waals surface area contributed by atoms with Gasteiger partial charge in [-0.3, -0.25) is 23.4 Å². The van der Waals surface area contributed by atoms with E-state index < -0.39 is 74.2 Å². The molecule has 1 aliphatic heterocycles. The Kier molecular flexibility index (Phi) is 16.2. The van der Waals surface area contributed by atoms with Gasteiger partial charge >= 0.3 is 6.03 Å². The molecule has 0 aliphatic carbocycles. The first-order chi connectivity index (χ1) is 21.4. The van der Waals surface area contributed by atoms with Crippen molar-refractivity contribution in [3.05, 3.63) is 12.7 Å². The van der Waals surface area contributed by atoms with Crippen LogP contribution in [0, 0.1) is 17.8 Å². The standard InChI is InChI=1S/C34H57N5O6S/c1-11-15-17-24(26(40)29(42)35-21-14-4)36-28(41)25-18-16-22-39(25)30(43)27(32(5,6)7)37-31(44)38-34(19-12-2,20-13-3)23-46(45)33(8,9)10/h1,14,24-25,27H,4,12-13,15-23H2,2-3,5-10H3,(H,35,42)(H,36,41)(H2,37,38,44).